The first kappa shape index (κ1) is 11.7. The summed E-state index contributed by atoms with van der Waals surface area (Å²) >= 11 is 0. The number of aromatic nitrogens is 1. The molecule has 0 aliphatic rings. The number of aromatic hydroxyl groups is 1. The largest absolute Gasteiger partial charge is 0.508 e. The highest BCUT2D eigenvalue weighted by Gasteiger charge is 2.02. The lowest BCUT2D eigenvalue weighted by Gasteiger charge is -2.09. The molecular formula is C16H16N2O. The molecule has 0 aliphatic heterocycles. The zero-order valence-electron chi connectivity index (χ0n) is 10.8. The highest BCUT2D eigenvalue weighted by Crippen LogP contribution is 2.23. The van der Waals surface area contributed by atoms with Crippen LogP contribution in [-0.2, 0) is 6.54 Å². The molecule has 0 amide bonds. The summed E-state index contributed by atoms with van der Waals surface area (Å²) in [6, 6.07) is 13.9. The van der Waals surface area contributed by atoms with Crippen LogP contribution in [0, 0.1) is 6.92 Å². The van der Waals surface area contributed by atoms with Crippen molar-refractivity contribution in [3.63, 3.8) is 0 Å². The van der Waals surface area contributed by atoms with E-state index in [1.165, 1.54) is 10.9 Å². The summed E-state index contributed by atoms with van der Waals surface area (Å²) in [5.41, 5.74) is 4.19. The van der Waals surface area contributed by atoms with Crippen molar-refractivity contribution in [2.24, 2.45) is 0 Å². The van der Waals surface area contributed by atoms with Crippen LogP contribution in [0.5, 0.6) is 5.75 Å². The van der Waals surface area contributed by atoms with Crippen molar-refractivity contribution in [2.45, 2.75) is 13.5 Å². The molecule has 0 atom stereocenters. The Labute approximate surface area is 111 Å². The first-order valence-corrected chi connectivity index (χ1v) is 6.32. The fourth-order valence-electron chi connectivity index (χ4n) is 2.22. The average Bonchev–Trinajstić information content (AvgIpc) is 2.89. The van der Waals surface area contributed by atoms with Gasteiger partial charge < -0.3 is 15.4 Å². The smallest absolute Gasteiger partial charge is 0.120 e. The van der Waals surface area contributed by atoms with E-state index in [0.29, 0.717) is 5.75 Å². The van der Waals surface area contributed by atoms with Gasteiger partial charge in [0.15, 0.2) is 0 Å². The summed E-state index contributed by atoms with van der Waals surface area (Å²) in [5, 5.41) is 14.3. The first-order valence-electron chi connectivity index (χ1n) is 6.32. The van der Waals surface area contributed by atoms with E-state index >= 15 is 0 Å². The van der Waals surface area contributed by atoms with Gasteiger partial charge in [-0.25, -0.2) is 0 Å². The van der Waals surface area contributed by atoms with Crippen LogP contribution in [-0.4, -0.2) is 10.1 Å². The SMILES string of the molecule is Cc1ccc(NCc2cccc3[nH]ccc23)cc1O. The molecule has 96 valence electrons. The normalized spacial score (nSPS) is 10.8. The molecule has 0 spiro atoms. The number of phenols is 1. The molecule has 3 heteroatoms. The number of rotatable bonds is 3. The third-order valence-electron chi connectivity index (χ3n) is 3.38. The summed E-state index contributed by atoms with van der Waals surface area (Å²) in [7, 11) is 0. The molecule has 0 fully saturated rings. The van der Waals surface area contributed by atoms with E-state index in [-0.39, 0.29) is 0 Å². The number of nitrogens with one attached hydrogen (secondary N) is 2. The molecule has 1 heterocycles. The molecule has 3 nitrogen and oxygen atoms in total. The Morgan fingerprint density at radius 3 is 2.89 bits per heavy atom. The van der Waals surface area contributed by atoms with Crippen LogP contribution in [0.1, 0.15) is 11.1 Å². The molecule has 1 aromatic heterocycles. The minimum atomic E-state index is 0.324. The van der Waals surface area contributed by atoms with Crippen LogP contribution in [0.4, 0.5) is 5.69 Å². The number of fused-ring (bicyclic) bond motifs is 1. The number of H-pyrrole nitrogens is 1. The van der Waals surface area contributed by atoms with Crippen molar-refractivity contribution < 1.29 is 5.11 Å². The number of hydrogen-bond donors (Lipinski definition) is 3. The van der Waals surface area contributed by atoms with Gasteiger partial charge in [0.1, 0.15) is 5.75 Å². The Hall–Kier alpha value is -2.42. The lowest BCUT2D eigenvalue weighted by Crippen LogP contribution is -1.99. The maximum absolute atomic E-state index is 9.69. The van der Waals surface area contributed by atoms with E-state index in [0.717, 1.165) is 23.3 Å². The topological polar surface area (TPSA) is 48.0 Å². The van der Waals surface area contributed by atoms with Crippen LogP contribution in [0.2, 0.25) is 0 Å². The maximum Gasteiger partial charge on any atom is 0.120 e. The second-order valence-corrected chi connectivity index (χ2v) is 4.71. The van der Waals surface area contributed by atoms with Crippen LogP contribution in [0.15, 0.2) is 48.7 Å². The van der Waals surface area contributed by atoms with Gasteiger partial charge in [-0.1, -0.05) is 18.2 Å². The molecule has 3 N–H and O–H groups in total. The van der Waals surface area contributed by atoms with Gasteiger partial charge in [-0.15, -0.1) is 0 Å². The zero-order chi connectivity index (χ0) is 13.2. The molecule has 19 heavy (non-hydrogen) atoms. The minimum absolute atomic E-state index is 0.324. The molecule has 0 bridgehead atoms. The van der Waals surface area contributed by atoms with Gasteiger partial charge in [-0.2, -0.15) is 0 Å². The average molecular weight is 252 g/mol. The predicted molar refractivity (Wildman–Crippen MR) is 78.5 cm³/mol. The molecule has 0 saturated carbocycles. The first-order chi connectivity index (χ1) is 9.24. The number of aromatic amines is 1. The van der Waals surface area contributed by atoms with Gasteiger partial charge >= 0.3 is 0 Å². The Kier molecular flexibility index (Phi) is 2.88. The Balaban J connectivity index is 1.82. The molecule has 0 saturated heterocycles. The Morgan fingerprint density at radius 2 is 2.05 bits per heavy atom. The molecule has 0 unspecified atom stereocenters. The number of hydrogen-bond acceptors (Lipinski definition) is 2. The van der Waals surface area contributed by atoms with Crippen LogP contribution < -0.4 is 5.32 Å². The summed E-state index contributed by atoms with van der Waals surface area (Å²) in [4.78, 5) is 3.21. The van der Waals surface area contributed by atoms with E-state index < -0.39 is 0 Å². The third kappa shape index (κ3) is 2.27. The van der Waals surface area contributed by atoms with E-state index in [2.05, 4.69) is 28.5 Å². The number of phenolic OH excluding ortho intramolecular Hbond substituents is 1. The van der Waals surface area contributed by atoms with Gasteiger partial charge in [0.05, 0.1) is 0 Å². The second-order valence-electron chi connectivity index (χ2n) is 4.71. The van der Waals surface area contributed by atoms with Gasteiger partial charge in [-0.05, 0) is 36.2 Å². The maximum atomic E-state index is 9.69. The lowest BCUT2D eigenvalue weighted by molar-refractivity contribution is 0.471. The lowest BCUT2D eigenvalue weighted by atomic mass is 10.1. The van der Waals surface area contributed by atoms with Gasteiger partial charge in [0.25, 0.3) is 0 Å². The van der Waals surface area contributed by atoms with Gasteiger partial charge in [0, 0.05) is 35.4 Å². The van der Waals surface area contributed by atoms with E-state index in [9.17, 15) is 5.11 Å². The van der Waals surface area contributed by atoms with Crippen molar-refractivity contribution in [1.29, 1.82) is 0 Å². The Morgan fingerprint density at radius 1 is 1.16 bits per heavy atom. The minimum Gasteiger partial charge on any atom is -0.508 e. The summed E-state index contributed by atoms with van der Waals surface area (Å²) in [6.07, 6.45) is 1.95. The molecule has 3 aromatic rings. The zero-order valence-corrected chi connectivity index (χ0v) is 10.8. The van der Waals surface area contributed by atoms with Crippen molar-refractivity contribution in [1.82, 2.24) is 4.98 Å². The van der Waals surface area contributed by atoms with Crippen molar-refractivity contribution in [3.8, 4) is 5.75 Å². The van der Waals surface area contributed by atoms with E-state index in [1.807, 2.05) is 31.3 Å². The molecular weight excluding hydrogens is 236 g/mol. The highest BCUT2D eigenvalue weighted by atomic mass is 16.3. The monoisotopic (exact) mass is 252 g/mol. The van der Waals surface area contributed by atoms with Crippen molar-refractivity contribution in [2.75, 3.05) is 5.32 Å². The summed E-state index contributed by atoms with van der Waals surface area (Å²) in [5.74, 6) is 0.324. The van der Waals surface area contributed by atoms with E-state index in [4.69, 9.17) is 0 Å². The molecule has 0 radical (unpaired) electrons. The highest BCUT2D eigenvalue weighted by molar-refractivity contribution is 5.83. The van der Waals surface area contributed by atoms with Gasteiger partial charge in [0.2, 0.25) is 0 Å². The van der Waals surface area contributed by atoms with Crippen molar-refractivity contribution >= 4 is 16.6 Å². The number of aryl methyl sites for hydroxylation is 1. The standard InChI is InChI=1S/C16H16N2O/c1-11-5-6-13(9-16(11)19)18-10-12-3-2-4-15-14(12)7-8-17-15/h2-9,17-19H,10H2,1H3. The third-order valence-corrected chi connectivity index (χ3v) is 3.38. The second kappa shape index (κ2) is 4.69. The van der Waals surface area contributed by atoms with E-state index in [1.54, 1.807) is 6.07 Å². The molecule has 2 aromatic carbocycles. The van der Waals surface area contributed by atoms with Crippen LogP contribution >= 0.6 is 0 Å². The fraction of sp³-hybridized carbons (Fsp3) is 0.125. The van der Waals surface area contributed by atoms with Crippen molar-refractivity contribution in [3.05, 3.63) is 59.8 Å². The van der Waals surface area contributed by atoms with Crippen LogP contribution in [0.3, 0.4) is 0 Å². The molecule has 0 aliphatic carbocycles. The Bertz CT molecular complexity index is 716. The van der Waals surface area contributed by atoms with Gasteiger partial charge in [-0.3, -0.25) is 0 Å². The quantitative estimate of drug-likeness (QED) is 0.664. The number of benzene rings is 2. The fourth-order valence-corrected chi connectivity index (χ4v) is 2.22. The summed E-state index contributed by atoms with van der Waals surface area (Å²) in [6.45, 7) is 2.62. The predicted octanol–water partition coefficient (Wildman–Crippen LogP) is 3.79. The molecule has 3 rings (SSSR count). The summed E-state index contributed by atoms with van der Waals surface area (Å²) < 4.78 is 0. The van der Waals surface area contributed by atoms with Crippen LogP contribution in [0.25, 0.3) is 10.9 Å². The number of anilines is 1.